The number of nitrogens with one attached hydrogen (secondary N) is 1. The number of amides is 1. The van der Waals surface area contributed by atoms with Gasteiger partial charge in [0.05, 0.1) is 5.56 Å². The molecule has 0 unspecified atom stereocenters. The van der Waals surface area contributed by atoms with E-state index in [1.165, 1.54) is 11.1 Å². The summed E-state index contributed by atoms with van der Waals surface area (Å²) in [4.78, 5) is 12.9. The average molecular weight is 343 g/mol. The van der Waals surface area contributed by atoms with Crippen LogP contribution in [0.4, 0.5) is 5.69 Å². The number of anilines is 1. The van der Waals surface area contributed by atoms with Gasteiger partial charge in [0.15, 0.2) is 0 Å². The van der Waals surface area contributed by atoms with E-state index in [4.69, 9.17) is 0 Å². The Kier molecular flexibility index (Phi) is 4.90. The Morgan fingerprint density at radius 1 is 1.08 bits per heavy atom. The summed E-state index contributed by atoms with van der Waals surface area (Å²) in [7, 11) is 0. The number of nitriles is 1. The molecule has 0 aliphatic heterocycles. The third-order valence-corrected chi connectivity index (χ3v) is 4.61. The van der Waals surface area contributed by atoms with Gasteiger partial charge in [0.1, 0.15) is 11.8 Å². The highest BCUT2D eigenvalue weighted by Crippen LogP contribution is 2.21. The maximum atomic E-state index is 12.9. The number of nitrogens with zero attached hydrogens (tertiary/aromatic N) is 2. The number of carbonyl (C=O) groups excluding carboxylic acids is 1. The highest BCUT2D eigenvalue weighted by atomic mass is 16.2. The lowest BCUT2D eigenvalue weighted by Crippen LogP contribution is -2.17. The van der Waals surface area contributed by atoms with Crippen molar-refractivity contribution in [2.24, 2.45) is 0 Å². The molecule has 0 spiro atoms. The molecule has 0 aliphatic carbocycles. The first-order valence-electron chi connectivity index (χ1n) is 8.63. The minimum atomic E-state index is -0.297. The molecule has 0 aliphatic rings. The van der Waals surface area contributed by atoms with Crippen molar-refractivity contribution in [3.63, 3.8) is 0 Å². The molecular formula is C22H21N3O. The van der Waals surface area contributed by atoms with Crippen molar-refractivity contribution in [2.75, 3.05) is 5.32 Å². The molecule has 0 radical (unpaired) electrons. The second-order valence-electron chi connectivity index (χ2n) is 6.33. The summed E-state index contributed by atoms with van der Waals surface area (Å²) >= 11 is 0. The Bertz CT molecular complexity index is 991. The molecule has 1 N–H and O–H groups in total. The van der Waals surface area contributed by atoms with E-state index in [9.17, 15) is 10.1 Å². The minimum Gasteiger partial charge on any atom is -0.321 e. The van der Waals surface area contributed by atoms with Crippen LogP contribution in [-0.2, 0) is 6.42 Å². The molecule has 0 atom stereocenters. The fraction of sp³-hybridized carbons (Fsp3) is 0.182. The number of benzene rings is 2. The van der Waals surface area contributed by atoms with Crippen molar-refractivity contribution in [3.8, 4) is 11.8 Å². The number of hydrogen-bond donors (Lipinski definition) is 1. The van der Waals surface area contributed by atoms with Crippen LogP contribution in [0.2, 0.25) is 0 Å². The number of hydrogen-bond acceptors (Lipinski definition) is 2. The van der Waals surface area contributed by atoms with Crippen molar-refractivity contribution in [2.45, 2.75) is 27.2 Å². The van der Waals surface area contributed by atoms with Gasteiger partial charge in [0.2, 0.25) is 0 Å². The van der Waals surface area contributed by atoms with Gasteiger partial charge in [-0.2, -0.15) is 5.26 Å². The van der Waals surface area contributed by atoms with Crippen LogP contribution in [0, 0.1) is 25.2 Å². The first kappa shape index (κ1) is 17.5. The van der Waals surface area contributed by atoms with Crippen LogP contribution in [0.25, 0.3) is 5.69 Å². The molecule has 0 bridgehead atoms. The van der Waals surface area contributed by atoms with E-state index in [0.717, 1.165) is 23.4 Å². The Balaban J connectivity index is 1.97. The molecule has 4 heteroatoms. The summed E-state index contributed by atoms with van der Waals surface area (Å²) in [6.45, 7) is 6.13. The topological polar surface area (TPSA) is 57.8 Å². The van der Waals surface area contributed by atoms with Crippen molar-refractivity contribution in [1.29, 1.82) is 5.26 Å². The van der Waals surface area contributed by atoms with Gasteiger partial charge in [-0.3, -0.25) is 4.79 Å². The molecule has 1 heterocycles. The van der Waals surface area contributed by atoms with E-state index >= 15 is 0 Å². The van der Waals surface area contributed by atoms with Crippen LogP contribution in [0.5, 0.6) is 0 Å². The zero-order valence-electron chi connectivity index (χ0n) is 15.2. The van der Waals surface area contributed by atoms with Crippen LogP contribution in [0.3, 0.4) is 0 Å². The van der Waals surface area contributed by atoms with Gasteiger partial charge in [0.25, 0.3) is 5.91 Å². The maximum Gasteiger partial charge on any atom is 0.274 e. The van der Waals surface area contributed by atoms with Crippen molar-refractivity contribution < 1.29 is 4.79 Å². The molecule has 0 fully saturated rings. The first-order chi connectivity index (χ1) is 12.5. The molecule has 2 aromatic carbocycles. The molecule has 4 nitrogen and oxygen atoms in total. The first-order valence-corrected chi connectivity index (χ1v) is 8.63. The van der Waals surface area contributed by atoms with Crippen molar-refractivity contribution in [1.82, 2.24) is 4.57 Å². The van der Waals surface area contributed by atoms with Crippen molar-refractivity contribution in [3.05, 3.63) is 82.7 Å². The van der Waals surface area contributed by atoms with E-state index in [1.54, 1.807) is 16.8 Å². The predicted octanol–water partition coefficient (Wildman–Crippen LogP) is 4.78. The fourth-order valence-electron chi connectivity index (χ4n) is 2.87. The Labute approximate surface area is 153 Å². The Hall–Kier alpha value is -3.32. The number of carbonyl (C=O) groups is 1. The smallest absolute Gasteiger partial charge is 0.274 e. The zero-order chi connectivity index (χ0) is 18.7. The van der Waals surface area contributed by atoms with Gasteiger partial charge in [-0.15, -0.1) is 0 Å². The lowest BCUT2D eigenvalue weighted by molar-refractivity contribution is 0.102. The summed E-state index contributed by atoms with van der Waals surface area (Å²) in [6, 6.07) is 17.6. The van der Waals surface area contributed by atoms with E-state index in [-0.39, 0.29) is 5.91 Å². The summed E-state index contributed by atoms with van der Waals surface area (Å²) < 4.78 is 1.76. The van der Waals surface area contributed by atoms with Gasteiger partial charge in [-0.1, -0.05) is 25.1 Å². The Morgan fingerprint density at radius 2 is 1.81 bits per heavy atom. The van der Waals surface area contributed by atoms with Crippen LogP contribution in [-0.4, -0.2) is 10.5 Å². The molecular weight excluding hydrogens is 322 g/mol. The Morgan fingerprint density at radius 3 is 2.42 bits per heavy atom. The molecule has 1 aromatic heterocycles. The van der Waals surface area contributed by atoms with E-state index in [0.29, 0.717) is 11.3 Å². The fourth-order valence-corrected chi connectivity index (χ4v) is 2.87. The van der Waals surface area contributed by atoms with Crippen LogP contribution < -0.4 is 5.32 Å². The molecule has 0 saturated carbocycles. The average Bonchev–Trinajstić information content (AvgIpc) is 3.09. The van der Waals surface area contributed by atoms with Crippen molar-refractivity contribution >= 4 is 11.6 Å². The summed E-state index contributed by atoms with van der Waals surface area (Å²) in [5, 5.41) is 12.3. The monoisotopic (exact) mass is 343 g/mol. The third kappa shape index (κ3) is 3.38. The van der Waals surface area contributed by atoms with Gasteiger partial charge in [-0.25, -0.2) is 0 Å². The molecule has 26 heavy (non-hydrogen) atoms. The third-order valence-electron chi connectivity index (χ3n) is 4.61. The van der Waals surface area contributed by atoms with Gasteiger partial charge in [0, 0.05) is 17.6 Å². The number of rotatable bonds is 4. The van der Waals surface area contributed by atoms with Crippen LogP contribution in [0.15, 0.2) is 54.7 Å². The highest BCUT2D eigenvalue weighted by molar-refractivity contribution is 6.05. The second kappa shape index (κ2) is 7.28. The van der Waals surface area contributed by atoms with Crippen LogP contribution >= 0.6 is 0 Å². The molecule has 130 valence electrons. The maximum absolute atomic E-state index is 12.9. The van der Waals surface area contributed by atoms with Crippen LogP contribution in [0.1, 0.15) is 39.7 Å². The second-order valence-corrected chi connectivity index (χ2v) is 6.33. The quantitative estimate of drug-likeness (QED) is 0.741. The van der Waals surface area contributed by atoms with Gasteiger partial charge < -0.3 is 9.88 Å². The number of aryl methyl sites for hydroxylation is 3. The van der Waals surface area contributed by atoms with E-state index < -0.39 is 0 Å². The molecule has 1 amide bonds. The van der Waals surface area contributed by atoms with E-state index in [2.05, 4.69) is 18.3 Å². The molecule has 3 aromatic rings. The molecule has 3 rings (SSSR count). The number of aromatic nitrogens is 1. The summed E-state index contributed by atoms with van der Waals surface area (Å²) in [5.41, 5.74) is 5.77. The van der Waals surface area contributed by atoms with Gasteiger partial charge in [-0.05, 0) is 67.3 Å². The standard InChI is InChI=1S/C22H21N3O/c1-4-17-6-9-20(10-7-17)25-12-11-18(14-23)21(25)22(26)24-19-8-5-15(2)16(3)13-19/h5-13H,4H2,1-3H3,(H,24,26). The molecule has 0 saturated heterocycles. The summed E-state index contributed by atoms with van der Waals surface area (Å²) in [6.07, 6.45) is 2.71. The highest BCUT2D eigenvalue weighted by Gasteiger charge is 2.18. The minimum absolute atomic E-state index is 0.297. The normalized spacial score (nSPS) is 10.4. The van der Waals surface area contributed by atoms with Gasteiger partial charge >= 0.3 is 0 Å². The predicted molar refractivity (Wildman–Crippen MR) is 104 cm³/mol. The lowest BCUT2D eigenvalue weighted by Gasteiger charge is -2.12. The zero-order valence-corrected chi connectivity index (χ0v) is 15.2. The SMILES string of the molecule is CCc1ccc(-n2ccc(C#N)c2C(=O)Nc2ccc(C)c(C)c2)cc1. The lowest BCUT2D eigenvalue weighted by atomic mass is 10.1. The largest absolute Gasteiger partial charge is 0.321 e. The summed E-state index contributed by atoms with van der Waals surface area (Å²) in [5.74, 6) is -0.297. The van der Waals surface area contributed by atoms with E-state index in [1.807, 2.05) is 56.3 Å².